The standard InChI is InChI=1S/C17H18N4/c1-18-11-20(16-9-5-3-7-14(16)18)13-21-12-19(2)15-8-4-6-10-17(15)21/h3-12H,13H2,1-2H3/q+2. The van der Waals surface area contributed by atoms with Crippen molar-refractivity contribution in [3.8, 4) is 0 Å². The molecule has 2 aromatic heterocycles. The zero-order valence-corrected chi connectivity index (χ0v) is 12.3. The molecule has 104 valence electrons. The molecule has 0 unspecified atom stereocenters. The van der Waals surface area contributed by atoms with E-state index in [-0.39, 0.29) is 0 Å². The van der Waals surface area contributed by atoms with Crippen LogP contribution in [0.5, 0.6) is 0 Å². The molecule has 0 saturated carbocycles. The lowest BCUT2D eigenvalue weighted by molar-refractivity contribution is -0.646. The van der Waals surface area contributed by atoms with Gasteiger partial charge < -0.3 is 0 Å². The Morgan fingerprint density at radius 1 is 0.714 bits per heavy atom. The number of imidazole rings is 2. The molecule has 0 radical (unpaired) electrons. The highest BCUT2D eigenvalue weighted by atomic mass is 15.2. The third-order valence-corrected chi connectivity index (χ3v) is 4.07. The van der Waals surface area contributed by atoms with Gasteiger partial charge in [0.05, 0.1) is 14.1 Å². The topological polar surface area (TPSA) is 17.6 Å². The summed E-state index contributed by atoms with van der Waals surface area (Å²) in [5.74, 6) is 0. The van der Waals surface area contributed by atoms with Crippen LogP contribution in [-0.4, -0.2) is 9.13 Å². The van der Waals surface area contributed by atoms with Gasteiger partial charge in [0, 0.05) is 0 Å². The zero-order valence-electron chi connectivity index (χ0n) is 12.3. The third kappa shape index (κ3) is 1.83. The lowest BCUT2D eigenvalue weighted by atomic mass is 10.3. The number of para-hydroxylation sites is 4. The second-order valence-corrected chi connectivity index (χ2v) is 5.51. The van der Waals surface area contributed by atoms with E-state index in [9.17, 15) is 0 Å². The van der Waals surface area contributed by atoms with E-state index in [2.05, 4.69) is 93.5 Å². The number of rotatable bonds is 2. The van der Waals surface area contributed by atoms with Crippen LogP contribution in [0.4, 0.5) is 0 Å². The summed E-state index contributed by atoms with van der Waals surface area (Å²) in [5.41, 5.74) is 5.00. The first-order valence-electron chi connectivity index (χ1n) is 7.11. The highest BCUT2D eigenvalue weighted by molar-refractivity contribution is 5.73. The minimum Gasteiger partial charge on any atom is -0.233 e. The van der Waals surface area contributed by atoms with Gasteiger partial charge >= 0.3 is 0 Å². The molecule has 2 heterocycles. The van der Waals surface area contributed by atoms with Crippen LogP contribution in [0.1, 0.15) is 0 Å². The van der Waals surface area contributed by atoms with Gasteiger partial charge in [-0.05, 0) is 24.3 Å². The van der Waals surface area contributed by atoms with Gasteiger partial charge in [-0.2, -0.15) is 9.13 Å². The van der Waals surface area contributed by atoms with E-state index in [1.165, 1.54) is 22.1 Å². The van der Waals surface area contributed by atoms with Gasteiger partial charge in [-0.1, -0.05) is 24.3 Å². The molecule has 4 heteroatoms. The number of aryl methyl sites for hydroxylation is 2. The number of aromatic nitrogens is 4. The molecule has 0 aliphatic carbocycles. The third-order valence-electron chi connectivity index (χ3n) is 4.07. The summed E-state index contributed by atoms with van der Waals surface area (Å²) in [6, 6.07) is 17.0. The second kappa shape index (κ2) is 4.45. The molecule has 4 rings (SSSR count). The van der Waals surface area contributed by atoms with Crippen molar-refractivity contribution >= 4 is 22.1 Å². The van der Waals surface area contributed by atoms with Crippen molar-refractivity contribution in [2.45, 2.75) is 6.67 Å². The zero-order chi connectivity index (χ0) is 14.4. The second-order valence-electron chi connectivity index (χ2n) is 5.51. The minimum absolute atomic E-state index is 0.808. The molecule has 0 N–H and O–H groups in total. The lowest BCUT2D eigenvalue weighted by Gasteiger charge is -1.95. The van der Waals surface area contributed by atoms with Crippen LogP contribution >= 0.6 is 0 Å². The molecule has 2 aromatic carbocycles. The van der Waals surface area contributed by atoms with E-state index in [4.69, 9.17) is 0 Å². The maximum atomic E-state index is 2.28. The highest BCUT2D eigenvalue weighted by Gasteiger charge is 2.18. The maximum Gasteiger partial charge on any atom is 0.247 e. The van der Waals surface area contributed by atoms with E-state index in [1.54, 1.807) is 0 Å². The van der Waals surface area contributed by atoms with Crippen molar-refractivity contribution in [3.05, 3.63) is 61.2 Å². The van der Waals surface area contributed by atoms with E-state index in [0.29, 0.717) is 0 Å². The fraction of sp³-hybridized carbons (Fsp3) is 0.176. The summed E-state index contributed by atoms with van der Waals surface area (Å²) >= 11 is 0. The summed E-state index contributed by atoms with van der Waals surface area (Å²) in [7, 11) is 4.18. The van der Waals surface area contributed by atoms with Gasteiger partial charge in [-0.25, -0.2) is 9.13 Å². The van der Waals surface area contributed by atoms with Gasteiger partial charge in [-0.3, -0.25) is 0 Å². The largest absolute Gasteiger partial charge is 0.247 e. The minimum atomic E-state index is 0.808. The molecule has 0 amide bonds. The van der Waals surface area contributed by atoms with Gasteiger partial charge in [-0.15, -0.1) is 0 Å². The fourth-order valence-electron chi connectivity index (χ4n) is 3.07. The van der Waals surface area contributed by atoms with Crippen molar-refractivity contribution in [2.24, 2.45) is 14.1 Å². The van der Waals surface area contributed by atoms with Crippen LogP contribution in [0.25, 0.3) is 22.1 Å². The number of hydrogen-bond donors (Lipinski definition) is 0. The average molecular weight is 278 g/mol. The Hall–Kier alpha value is -2.62. The average Bonchev–Trinajstić information content (AvgIpc) is 3.00. The molecule has 0 atom stereocenters. The maximum absolute atomic E-state index is 2.28. The van der Waals surface area contributed by atoms with E-state index in [1.807, 2.05) is 0 Å². The van der Waals surface area contributed by atoms with Crippen molar-refractivity contribution < 1.29 is 9.13 Å². The van der Waals surface area contributed by atoms with Crippen LogP contribution in [0.15, 0.2) is 61.2 Å². The predicted octanol–water partition coefficient (Wildman–Crippen LogP) is 1.75. The lowest BCUT2D eigenvalue weighted by Crippen LogP contribution is -2.26. The molecule has 4 nitrogen and oxygen atoms in total. The predicted molar refractivity (Wildman–Crippen MR) is 81.6 cm³/mol. The molecule has 0 bridgehead atoms. The van der Waals surface area contributed by atoms with Gasteiger partial charge in [0.25, 0.3) is 0 Å². The number of hydrogen-bond acceptors (Lipinski definition) is 0. The van der Waals surface area contributed by atoms with Crippen molar-refractivity contribution in [3.63, 3.8) is 0 Å². The van der Waals surface area contributed by atoms with Crippen LogP contribution in [-0.2, 0) is 20.8 Å². The van der Waals surface area contributed by atoms with Crippen molar-refractivity contribution in [1.82, 2.24) is 9.13 Å². The molecule has 0 spiro atoms. The van der Waals surface area contributed by atoms with Crippen molar-refractivity contribution in [1.29, 1.82) is 0 Å². The first kappa shape index (κ1) is 12.1. The molecule has 0 aliphatic heterocycles. The summed E-state index contributed by atoms with van der Waals surface area (Å²) in [5, 5.41) is 0. The Morgan fingerprint density at radius 2 is 1.14 bits per heavy atom. The molecule has 21 heavy (non-hydrogen) atoms. The SMILES string of the molecule is C[n+]1cn(Cn2c[n+](C)c3ccccc32)c2ccccc21. The molecule has 0 aliphatic rings. The summed E-state index contributed by atoms with van der Waals surface area (Å²) < 4.78 is 8.89. The molecular weight excluding hydrogens is 260 g/mol. The normalized spacial score (nSPS) is 11.5. The van der Waals surface area contributed by atoms with E-state index >= 15 is 0 Å². The van der Waals surface area contributed by atoms with Crippen LogP contribution in [0.3, 0.4) is 0 Å². The van der Waals surface area contributed by atoms with Crippen molar-refractivity contribution in [2.75, 3.05) is 0 Å². The molecule has 0 fully saturated rings. The Labute approximate surface area is 123 Å². The van der Waals surface area contributed by atoms with E-state index in [0.717, 1.165) is 6.67 Å². The Bertz CT molecular complexity index is 868. The molecule has 4 aromatic rings. The quantitative estimate of drug-likeness (QED) is 0.497. The fourth-order valence-corrected chi connectivity index (χ4v) is 3.07. The van der Waals surface area contributed by atoms with Crippen LogP contribution in [0, 0.1) is 0 Å². The summed E-state index contributed by atoms with van der Waals surface area (Å²) in [6.45, 7) is 0.808. The number of fused-ring (bicyclic) bond motifs is 2. The van der Waals surface area contributed by atoms with Crippen LogP contribution < -0.4 is 9.13 Å². The summed E-state index contributed by atoms with van der Waals surface area (Å²) in [4.78, 5) is 0. The van der Waals surface area contributed by atoms with Gasteiger partial charge in [0.2, 0.25) is 19.3 Å². The van der Waals surface area contributed by atoms with Crippen LogP contribution in [0.2, 0.25) is 0 Å². The first-order chi connectivity index (χ1) is 10.2. The smallest absolute Gasteiger partial charge is 0.233 e. The highest BCUT2D eigenvalue weighted by Crippen LogP contribution is 2.14. The number of benzene rings is 2. The Morgan fingerprint density at radius 3 is 1.62 bits per heavy atom. The number of nitrogens with zero attached hydrogens (tertiary/aromatic N) is 4. The monoisotopic (exact) mass is 278 g/mol. The van der Waals surface area contributed by atoms with Gasteiger partial charge in [0.15, 0.2) is 22.1 Å². The van der Waals surface area contributed by atoms with E-state index < -0.39 is 0 Å². The first-order valence-corrected chi connectivity index (χ1v) is 7.11. The molecule has 0 saturated heterocycles. The molecular formula is C17H18N4+2. The Kier molecular flexibility index (Phi) is 2.57. The van der Waals surface area contributed by atoms with Gasteiger partial charge in [0.1, 0.15) is 0 Å². The summed E-state index contributed by atoms with van der Waals surface area (Å²) in [6.07, 6.45) is 4.30. The Balaban J connectivity index is 1.87.